The van der Waals surface area contributed by atoms with Crippen molar-refractivity contribution in [2.24, 2.45) is 0 Å². The number of ether oxygens (including phenoxy) is 1. The van der Waals surface area contributed by atoms with Crippen molar-refractivity contribution in [3.63, 3.8) is 0 Å². The summed E-state index contributed by atoms with van der Waals surface area (Å²) in [5.74, 6) is 0.130. The van der Waals surface area contributed by atoms with Gasteiger partial charge in [0.2, 0.25) is 0 Å². The Morgan fingerprint density at radius 3 is 2.56 bits per heavy atom. The Labute approximate surface area is 183 Å². The predicted octanol–water partition coefficient (Wildman–Crippen LogP) is 2.16. The summed E-state index contributed by atoms with van der Waals surface area (Å²) in [6.07, 6.45) is 2.95. The second-order valence-corrected chi connectivity index (χ2v) is 8.93. The quantitative estimate of drug-likeness (QED) is 0.485. The molecular formula is C22H24FN7O2. The van der Waals surface area contributed by atoms with Crippen LogP contribution in [0.1, 0.15) is 32.3 Å². The molecule has 0 N–H and O–H groups in total. The van der Waals surface area contributed by atoms with E-state index in [0.717, 1.165) is 25.0 Å². The molecular weight excluding hydrogens is 413 g/mol. The molecule has 1 aliphatic heterocycles. The molecule has 10 heteroatoms. The molecule has 0 spiro atoms. The number of rotatable bonds is 3. The SMILES string of the molecule is CC(C)(C)c1nnc2c3ncc(N4CCOCC4)cc3n(Cc3ccc(F)cn3)c(=O)n12. The van der Waals surface area contributed by atoms with Gasteiger partial charge >= 0.3 is 5.69 Å². The smallest absolute Gasteiger partial charge is 0.336 e. The fraction of sp³-hybridized carbons (Fsp3) is 0.409. The summed E-state index contributed by atoms with van der Waals surface area (Å²) in [6, 6.07) is 4.86. The lowest BCUT2D eigenvalue weighted by Gasteiger charge is -2.28. The van der Waals surface area contributed by atoms with Crippen molar-refractivity contribution in [1.82, 2.24) is 29.1 Å². The number of fused-ring (bicyclic) bond motifs is 3. The van der Waals surface area contributed by atoms with Crippen molar-refractivity contribution < 1.29 is 9.13 Å². The summed E-state index contributed by atoms with van der Waals surface area (Å²) >= 11 is 0. The molecule has 1 aliphatic rings. The van der Waals surface area contributed by atoms with Crippen LogP contribution in [0.3, 0.4) is 0 Å². The topological polar surface area (TPSA) is 90.4 Å². The van der Waals surface area contributed by atoms with Crippen molar-refractivity contribution in [1.29, 1.82) is 0 Å². The lowest BCUT2D eigenvalue weighted by atomic mass is 9.96. The van der Waals surface area contributed by atoms with Crippen molar-refractivity contribution in [2.75, 3.05) is 31.2 Å². The third-order valence-electron chi connectivity index (χ3n) is 5.60. The molecule has 0 saturated carbocycles. The summed E-state index contributed by atoms with van der Waals surface area (Å²) < 4.78 is 22.0. The fourth-order valence-electron chi connectivity index (χ4n) is 3.96. The van der Waals surface area contributed by atoms with E-state index < -0.39 is 11.2 Å². The van der Waals surface area contributed by atoms with Gasteiger partial charge in [0.05, 0.1) is 49.1 Å². The van der Waals surface area contributed by atoms with Gasteiger partial charge in [-0.15, -0.1) is 10.2 Å². The van der Waals surface area contributed by atoms with E-state index in [-0.39, 0.29) is 12.2 Å². The third kappa shape index (κ3) is 3.50. The van der Waals surface area contributed by atoms with Crippen LogP contribution in [0, 0.1) is 5.82 Å². The number of hydrogen-bond donors (Lipinski definition) is 0. The van der Waals surface area contributed by atoms with Crippen molar-refractivity contribution in [2.45, 2.75) is 32.7 Å². The molecule has 4 aromatic rings. The van der Waals surface area contributed by atoms with Gasteiger partial charge in [0.25, 0.3) is 0 Å². The van der Waals surface area contributed by atoms with Gasteiger partial charge in [0.1, 0.15) is 17.2 Å². The van der Waals surface area contributed by atoms with Crippen LogP contribution in [0.15, 0.2) is 35.4 Å². The molecule has 166 valence electrons. The molecule has 1 fully saturated rings. The van der Waals surface area contributed by atoms with E-state index >= 15 is 0 Å². The lowest BCUT2D eigenvalue weighted by molar-refractivity contribution is 0.122. The minimum absolute atomic E-state index is 0.168. The molecule has 0 aliphatic carbocycles. The summed E-state index contributed by atoms with van der Waals surface area (Å²) in [7, 11) is 0. The maximum Gasteiger partial charge on any atom is 0.336 e. The molecule has 0 aromatic carbocycles. The molecule has 0 radical (unpaired) electrons. The molecule has 0 amide bonds. The van der Waals surface area contributed by atoms with Crippen molar-refractivity contribution in [3.05, 3.63) is 58.4 Å². The monoisotopic (exact) mass is 437 g/mol. The molecule has 0 bridgehead atoms. The van der Waals surface area contributed by atoms with Crippen LogP contribution in [0.2, 0.25) is 0 Å². The molecule has 1 saturated heterocycles. The first-order valence-corrected chi connectivity index (χ1v) is 10.5. The highest BCUT2D eigenvalue weighted by molar-refractivity contribution is 5.89. The highest BCUT2D eigenvalue weighted by Crippen LogP contribution is 2.26. The molecule has 5 heterocycles. The molecule has 0 unspecified atom stereocenters. The van der Waals surface area contributed by atoms with E-state index in [2.05, 4.69) is 20.1 Å². The predicted molar refractivity (Wildman–Crippen MR) is 118 cm³/mol. The van der Waals surface area contributed by atoms with E-state index in [9.17, 15) is 9.18 Å². The Hall–Kier alpha value is -3.40. The summed E-state index contributed by atoms with van der Waals surface area (Å²) in [6.45, 7) is 8.89. The van der Waals surface area contributed by atoms with Gasteiger partial charge in [0.15, 0.2) is 5.65 Å². The number of morpholine rings is 1. The first-order valence-electron chi connectivity index (χ1n) is 10.5. The van der Waals surface area contributed by atoms with Crippen LogP contribution in [-0.4, -0.2) is 55.4 Å². The van der Waals surface area contributed by atoms with Gasteiger partial charge in [0, 0.05) is 18.5 Å². The minimum Gasteiger partial charge on any atom is -0.378 e. The molecule has 4 aromatic heterocycles. The fourth-order valence-corrected chi connectivity index (χ4v) is 3.96. The molecule has 0 atom stereocenters. The molecule has 5 rings (SSSR count). The van der Waals surface area contributed by atoms with Gasteiger partial charge in [-0.2, -0.15) is 0 Å². The Morgan fingerprint density at radius 1 is 1.09 bits per heavy atom. The van der Waals surface area contributed by atoms with Crippen LogP contribution >= 0.6 is 0 Å². The average molecular weight is 437 g/mol. The van der Waals surface area contributed by atoms with Gasteiger partial charge < -0.3 is 9.64 Å². The Kier molecular flexibility index (Phi) is 4.89. The Bertz CT molecular complexity index is 1350. The highest BCUT2D eigenvalue weighted by Gasteiger charge is 2.26. The first kappa shape index (κ1) is 20.5. The maximum absolute atomic E-state index is 13.7. The van der Waals surface area contributed by atoms with E-state index in [1.165, 1.54) is 10.5 Å². The maximum atomic E-state index is 13.7. The van der Waals surface area contributed by atoms with Crippen LogP contribution in [0.25, 0.3) is 16.7 Å². The van der Waals surface area contributed by atoms with Crippen LogP contribution in [0.4, 0.5) is 10.1 Å². The van der Waals surface area contributed by atoms with Crippen molar-refractivity contribution in [3.8, 4) is 0 Å². The minimum atomic E-state index is -0.425. The van der Waals surface area contributed by atoms with Gasteiger partial charge in [-0.05, 0) is 18.2 Å². The summed E-state index contributed by atoms with van der Waals surface area (Å²) in [4.78, 5) is 24.7. The van der Waals surface area contributed by atoms with Gasteiger partial charge in [-0.25, -0.2) is 18.6 Å². The van der Waals surface area contributed by atoms with Gasteiger partial charge in [-0.3, -0.25) is 9.55 Å². The molecule has 9 nitrogen and oxygen atoms in total. The Balaban J connectivity index is 1.77. The number of halogens is 1. The zero-order chi connectivity index (χ0) is 22.5. The second-order valence-electron chi connectivity index (χ2n) is 8.93. The number of anilines is 1. The first-order chi connectivity index (χ1) is 15.3. The van der Waals surface area contributed by atoms with Gasteiger partial charge in [-0.1, -0.05) is 20.8 Å². The number of aromatic nitrogens is 6. The van der Waals surface area contributed by atoms with Crippen LogP contribution < -0.4 is 10.6 Å². The van der Waals surface area contributed by atoms with E-state index in [1.807, 2.05) is 26.8 Å². The summed E-state index contributed by atoms with van der Waals surface area (Å²) in [5.41, 5.74) is 2.42. The van der Waals surface area contributed by atoms with E-state index in [4.69, 9.17) is 9.72 Å². The number of hydrogen-bond acceptors (Lipinski definition) is 7. The number of nitrogens with zero attached hydrogens (tertiary/aromatic N) is 7. The highest BCUT2D eigenvalue weighted by atomic mass is 19.1. The normalized spacial score (nSPS) is 15.1. The second kappa shape index (κ2) is 7.63. The molecule has 32 heavy (non-hydrogen) atoms. The Morgan fingerprint density at radius 2 is 1.88 bits per heavy atom. The van der Waals surface area contributed by atoms with E-state index in [1.54, 1.807) is 16.8 Å². The zero-order valence-electron chi connectivity index (χ0n) is 18.2. The third-order valence-corrected chi connectivity index (χ3v) is 5.60. The average Bonchev–Trinajstić information content (AvgIpc) is 3.24. The summed E-state index contributed by atoms with van der Waals surface area (Å²) in [5, 5.41) is 8.63. The number of pyridine rings is 2. The van der Waals surface area contributed by atoms with Crippen LogP contribution in [0.5, 0.6) is 0 Å². The largest absolute Gasteiger partial charge is 0.378 e. The van der Waals surface area contributed by atoms with Crippen LogP contribution in [-0.2, 0) is 16.7 Å². The van der Waals surface area contributed by atoms with Crippen molar-refractivity contribution >= 4 is 22.4 Å². The zero-order valence-corrected chi connectivity index (χ0v) is 18.2. The lowest BCUT2D eigenvalue weighted by Crippen LogP contribution is -2.36. The van der Waals surface area contributed by atoms with E-state index in [0.29, 0.717) is 41.4 Å². The standard InChI is InChI=1S/C22H24FN7O2/c1-22(2,3)20-27-26-19-18-17(10-16(12-25-18)28-6-8-32-9-7-28)29(21(31)30(19)20)13-15-5-4-14(23)11-24-15/h4-5,10-12H,6-9,13H2,1-3H3.